The average Bonchev–Trinajstić information content (AvgIpc) is 2.42. The van der Waals surface area contributed by atoms with Crippen LogP contribution in [0.15, 0.2) is 24.3 Å². The first kappa shape index (κ1) is 18.4. The van der Waals surface area contributed by atoms with Crippen LogP contribution in [0.4, 0.5) is 0 Å². The lowest BCUT2D eigenvalue weighted by Gasteiger charge is -2.38. The van der Waals surface area contributed by atoms with Gasteiger partial charge in [-0.3, -0.25) is 0 Å². The molecule has 3 N–H and O–H groups in total. The Morgan fingerprint density at radius 1 is 1.17 bits per heavy atom. The summed E-state index contributed by atoms with van der Waals surface area (Å²) in [5.74, 6) is 0. The maximum absolute atomic E-state index is 10.4. The summed E-state index contributed by atoms with van der Waals surface area (Å²) in [7, 11) is 0. The van der Waals surface area contributed by atoms with E-state index in [9.17, 15) is 10.2 Å². The Morgan fingerprint density at radius 2 is 1.78 bits per heavy atom. The molecular formula is C20H33NO2. The van der Waals surface area contributed by atoms with Gasteiger partial charge in [0.05, 0.1) is 12.2 Å². The summed E-state index contributed by atoms with van der Waals surface area (Å²) >= 11 is 0. The van der Waals surface area contributed by atoms with Gasteiger partial charge in [0, 0.05) is 12.6 Å². The van der Waals surface area contributed by atoms with Crippen molar-refractivity contribution < 1.29 is 10.2 Å². The molecule has 1 aromatic rings. The Hall–Kier alpha value is -0.900. The Kier molecular flexibility index (Phi) is 5.55. The molecule has 3 atom stereocenters. The number of benzene rings is 1. The predicted molar refractivity (Wildman–Crippen MR) is 95.5 cm³/mol. The lowest BCUT2D eigenvalue weighted by atomic mass is 9.74. The first-order valence-corrected chi connectivity index (χ1v) is 8.77. The zero-order chi connectivity index (χ0) is 17.3. The largest absolute Gasteiger partial charge is 0.393 e. The molecule has 0 spiro atoms. The van der Waals surface area contributed by atoms with Crippen molar-refractivity contribution in [1.29, 1.82) is 0 Å². The van der Waals surface area contributed by atoms with Crippen molar-refractivity contribution in [3.05, 3.63) is 35.4 Å². The molecule has 2 rings (SSSR count). The number of hydrogen-bond donors (Lipinski definition) is 3. The number of nitrogens with one attached hydrogen (secondary N) is 1. The Morgan fingerprint density at radius 3 is 2.30 bits per heavy atom. The second-order valence-corrected chi connectivity index (χ2v) is 8.95. The summed E-state index contributed by atoms with van der Waals surface area (Å²) in [6.45, 7) is 11.5. The van der Waals surface area contributed by atoms with E-state index in [-0.39, 0.29) is 23.0 Å². The topological polar surface area (TPSA) is 52.5 Å². The summed E-state index contributed by atoms with van der Waals surface area (Å²) in [6.07, 6.45) is 1.94. The van der Waals surface area contributed by atoms with E-state index < -0.39 is 6.10 Å². The monoisotopic (exact) mass is 319 g/mol. The predicted octanol–water partition coefficient (Wildman–Crippen LogP) is 3.55. The Balaban J connectivity index is 1.91. The first-order valence-electron chi connectivity index (χ1n) is 8.77. The number of aliphatic hydroxyl groups excluding tert-OH is 2. The minimum atomic E-state index is -0.508. The van der Waals surface area contributed by atoms with Crippen molar-refractivity contribution in [3.63, 3.8) is 0 Å². The van der Waals surface area contributed by atoms with Crippen molar-refractivity contribution in [2.75, 3.05) is 6.54 Å². The molecule has 23 heavy (non-hydrogen) atoms. The molecule has 3 unspecified atom stereocenters. The second-order valence-electron chi connectivity index (χ2n) is 8.95. The molecule has 130 valence electrons. The number of aliphatic hydroxyl groups is 2. The quantitative estimate of drug-likeness (QED) is 0.795. The van der Waals surface area contributed by atoms with Crippen molar-refractivity contribution in [2.45, 2.75) is 77.5 Å². The second kappa shape index (κ2) is 6.92. The fourth-order valence-electron chi connectivity index (χ4n) is 3.64. The minimum Gasteiger partial charge on any atom is -0.393 e. The van der Waals surface area contributed by atoms with Crippen LogP contribution in [0.1, 0.15) is 71.1 Å². The summed E-state index contributed by atoms with van der Waals surface area (Å²) in [5, 5.41) is 23.9. The third-order valence-corrected chi connectivity index (χ3v) is 4.91. The molecule has 1 fully saturated rings. The van der Waals surface area contributed by atoms with Crippen LogP contribution in [0, 0.1) is 5.41 Å². The molecule has 1 aliphatic rings. The van der Waals surface area contributed by atoms with Crippen LogP contribution < -0.4 is 5.32 Å². The van der Waals surface area contributed by atoms with Gasteiger partial charge < -0.3 is 15.5 Å². The zero-order valence-corrected chi connectivity index (χ0v) is 15.3. The Bertz CT molecular complexity index is 501. The summed E-state index contributed by atoms with van der Waals surface area (Å²) < 4.78 is 0. The van der Waals surface area contributed by atoms with E-state index in [1.165, 1.54) is 5.56 Å². The van der Waals surface area contributed by atoms with Gasteiger partial charge in [0.15, 0.2) is 0 Å². The minimum absolute atomic E-state index is 0.131. The van der Waals surface area contributed by atoms with E-state index in [2.05, 4.69) is 52.1 Å². The highest BCUT2D eigenvalue weighted by Crippen LogP contribution is 2.35. The van der Waals surface area contributed by atoms with Gasteiger partial charge >= 0.3 is 0 Å². The first-order chi connectivity index (χ1) is 10.6. The molecule has 0 amide bonds. The number of rotatable bonds is 4. The van der Waals surface area contributed by atoms with Gasteiger partial charge in [-0.2, -0.15) is 0 Å². The molecule has 1 aromatic carbocycles. The molecule has 1 saturated carbocycles. The van der Waals surface area contributed by atoms with Crippen LogP contribution in [0.3, 0.4) is 0 Å². The highest BCUT2D eigenvalue weighted by molar-refractivity contribution is 5.28. The van der Waals surface area contributed by atoms with Gasteiger partial charge in [0.2, 0.25) is 0 Å². The van der Waals surface area contributed by atoms with E-state index in [0.717, 1.165) is 24.8 Å². The molecule has 0 aliphatic heterocycles. The van der Waals surface area contributed by atoms with Gasteiger partial charge in [0.1, 0.15) is 0 Å². The third-order valence-electron chi connectivity index (χ3n) is 4.91. The van der Waals surface area contributed by atoms with Gasteiger partial charge in [-0.1, -0.05) is 58.9 Å². The molecule has 1 aliphatic carbocycles. The average molecular weight is 319 g/mol. The molecule has 3 heteroatoms. The summed E-state index contributed by atoms with van der Waals surface area (Å²) in [5.41, 5.74) is 2.51. The fourth-order valence-corrected chi connectivity index (χ4v) is 3.64. The highest BCUT2D eigenvalue weighted by Gasteiger charge is 2.33. The lowest BCUT2D eigenvalue weighted by molar-refractivity contribution is 0.0427. The van der Waals surface area contributed by atoms with Crippen LogP contribution in [-0.2, 0) is 5.41 Å². The highest BCUT2D eigenvalue weighted by atomic mass is 16.3. The van der Waals surface area contributed by atoms with E-state index in [1.54, 1.807) is 0 Å². The van der Waals surface area contributed by atoms with Gasteiger partial charge in [-0.05, 0) is 41.2 Å². The molecule has 0 saturated heterocycles. The van der Waals surface area contributed by atoms with Crippen molar-refractivity contribution in [3.8, 4) is 0 Å². The molecule has 0 aromatic heterocycles. The smallest absolute Gasteiger partial charge is 0.0914 e. The van der Waals surface area contributed by atoms with Crippen molar-refractivity contribution in [1.82, 2.24) is 5.32 Å². The summed E-state index contributed by atoms with van der Waals surface area (Å²) in [4.78, 5) is 0. The van der Waals surface area contributed by atoms with E-state index in [1.807, 2.05) is 12.1 Å². The van der Waals surface area contributed by atoms with Crippen LogP contribution >= 0.6 is 0 Å². The standard InChI is InChI=1S/C20H33NO2/c1-19(2,3)15-8-6-14(7-9-15)18(23)13-21-16-10-17(22)12-20(4,5)11-16/h6-9,16-18,21-23H,10-13H2,1-5H3. The lowest BCUT2D eigenvalue weighted by Crippen LogP contribution is -2.43. The molecule has 0 heterocycles. The summed E-state index contributed by atoms with van der Waals surface area (Å²) in [6, 6.07) is 8.52. The van der Waals surface area contributed by atoms with Crippen LogP contribution in [0.5, 0.6) is 0 Å². The van der Waals surface area contributed by atoms with E-state index >= 15 is 0 Å². The fraction of sp³-hybridized carbons (Fsp3) is 0.700. The van der Waals surface area contributed by atoms with E-state index in [0.29, 0.717) is 6.54 Å². The Labute approximate surface area is 141 Å². The van der Waals surface area contributed by atoms with Crippen LogP contribution in [-0.4, -0.2) is 28.9 Å². The van der Waals surface area contributed by atoms with Crippen LogP contribution in [0.2, 0.25) is 0 Å². The van der Waals surface area contributed by atoms with Gasteiger partial charge in [-0.25, -0.2) is 0 Å². The van der Waals surface area contributed by atoms with Crippen molar-refractivity contribution >= 4 is 0 Å². The SMILES string of the molecule is CC1(C)CC(O)CC(NCC(O)c2ccc(C(C)(C)C)cc2)C1. The molecule has 0 radical (unpaired) electrons. The zero-order valence-electron chi connectivity index (χ0n) is 15.3. The molecular weight excluding hydrogens is 286 g/mol. The maximum atomic E-state index is 10.4. The van der Waals surface area contributed by atoms with Gasteiger partial charge in [-0.15, -0.1) is 0 Å². The van der Waals surface area contributed by atoms with Crippen LogP contribution in [0.25, 0.3) is 0 Å². The number of hydrogen-bond acceptors (Lipinski definition) is 3. The van der Waals surface area contributed by atoms with Crippen molar-refractivity contribution in [2.24, 2.45) is 5.41 Å². The van der Waals surface area contributed by atoms with Gasteiger partial charge in [0.25, 0.3) is 0 Å². The molecule has 3 nitrogen and oxygen atoms in total. The third kappa shape index (κ3) is 5.30. The normalized spacial score (nSPS) is 26.0. The maximum Gasteiger partial charge on any atom is 0.0914 e. The molecule has 0 bridgehead atoms. The van der Waals surface area contributed by atoms with E-state index in [4.69, 9.17) is 0 Å².